The zero-order chi connectivity index (χ0) is 36.5. The van der Waals surface area contributed by atoms with Crippen molar-refractivity contribution in [2.24, 2.45) is 0 Å². The van der Waals surface area contributed by atoms with Gasteiger partial charge in [-0.05, 0) is 31.4 Å². The first-order valence-electron chi connectivity index (χ1n) is 17.1. The van der Waals surface area contributed by atoms with Gasteiger partial charge in [0.25, 0.3) is 17.7 Å². The van der Waals surface area contributed by atoms with Crippen molar-refractivity contribution in [3.05, 3.63) is 102 Å². The highest BCUT2D eigenvalue weighted by Crippen LogP contribution is 2.34. The number of rotatable bonds is 15. The lowest BCUT2D eigenvalue weighted by molar-refractivity contribution is -0.136. The average molecular weight is 704 g/mol. The maximum Gasteiger partial charge on any atom is 0.266 e. The van der Waals surface area contributed by atoms with E-state index in [-0.39, 0.29) is 42.2 Å². The number of nitrogens with one attached hydrogen (secondary N) is 3. The van der Waals surface area contributed by atoms with Gasteiger partial charge in [-0.1, -0.05) is 79.6 Å². The van der Waals surface area contributed by atoms with Crippen molar-refractivity contribution in [2.45, 2.75) is 44.6 Å². The second kappa shape index (κ2) is 16.6. The number of amides is 6. The topological polar surface area (TPSA) is 177 Å². The molecule has 4 aromatic rings. The molecule has 3 N–H and O–H groups in total. The second-order valence-electron chi connectivity index (χ2n) is 12.3. The molecule has 1 atom stereocenters. The molecule has 0 bridgehead atoms. The molecule has 3 aromatic carbocycles. The highest BCUT2D eigenvalue weighted by molar-refractivity contribution is 6.24. The summed E-state index contributed by atoms with van der Waals surface area (Å²) in [6.07, 6.45) is 6.15. The number of piperidine rings is 1. The molecule has 2 aliphatic rings. The van der Waals surface area contributed by atoms with Crippen LogP contribution in [0.4, 0.5) is 0 Å². The van der Waals surface area contributed by atoms with E-state index in [0.29, 0.717) is 36.9 Å². The molecule has 13 heteroatoms. The molecular weight excluding hydrogens is 666 g/mol. The van der Waals surface area contributed by atoms with Gasteiger partial charge in [-0.25, -0.2) is 4.98 Å². The fraction of sp³-hybridized carbons (Fsp3) is 0.256. The maximum absolute atomic E-state index is 13.2. The molecule has 0 spiro atoms. The first-order chi connectivity index (χ1) is 25.3. The second-order valence-corrected chi connectivity index (χ2v) is 12.3. The minimum Gasteiger partial charge on any atom is -0.483 e. The van der Waals surface area contributed by atoms with E-state index in [0.717, 1.165) is 35.3 Å². The number of ether oxygens (including phenoxy) is 1. The molecule has 0 saturated carbocycles. The molecule has 6 amide bonds. The summed E-state index contributed by atoms with van der Waals surface area (Å²) >= 11 is 0. The molecular formula is C39H37N5O8. The minimum atomic E-state index is -1.09. The zero-order valence-electron chi connectivity index (χ0n) is 28.3. The molecule has 0 aliphatic carbocycles. The van der Waals surface area contributed by atoms with Gasteiger partial charge >= 0.3 is 0 Å². The normalized spacial score (nSPS) is 15.5. The molecule has 1 saturated heterocycles. The van der Waals surface area contributed by atoms with Crippen LogP contribution < -0.4 is 20.7 Å². The van der Waals surface area contributed by atoms with Crippen molar-refractivity contribution >= 4 is 41.5 Å². The van der Waals surface area contributed by atoms with Crippen molar-refractivity contribution in [3.63, 3.8) is 0 Å². The number of carbonyl (C=O) groups is 6. The van der Waals surface area contributed by atoms with Crippen LogP contribution in [-0.2, 0) is 19.2 Å². The van der Waals surface area contributed by atoms with Crippen LogP contribution in [-0.4, -0.2) is 71.1 Å². The van der Waals surface area contributed by atoms with Crippen molar-refractivity contribution in [3.8, 4) is 28.3 Å². The largest absolute Gasteiger partial charge is 0.483 e. The number of hydrogen-bond acceptors (Lipinski definition) is 9. The Morgan fingerprint density at radius 2 is 1.54 bits per heavy atom. The Morgan fingerprint density at radius 3 is 2.25 bits per heavy atom. The molecule has 2 aliphatic heterocycles. The number of fused-ring (bicyclic) bond motifs is 1. The number of oxazole rings is 1. The molecule has 1 aromatic heterocycles. The molecule has 52 heavy (non-hydrogen) atoms. The summed E-state index contributed by atoms with van der Waals surface area (Å²) in [5, 5.41) is 7.80. The van der Waals surface area contributed by atoms with Crippen LogP contribution in [0.3, 0.4) is 0 Å². The fourth-order valence-electron chi connectivity index (χ4n) is 6.03. The van der Waals surface area contributed by atoms with E-state index in [2.05, 4.69) is 20.9 Å². The zero-order valence-corrected chi connectivity index (χ0v) is 28.3. The third kappa shape index (κ3) is 8.32. The van der Waals surface area contributed by atoms with Crippen LogP contribution in [0.5, 0.6) is 5.75 Å². The molecule has 266 valence electrons. The standard InChI is InChI=1S/C39H37N5O8/c45-30(20-21-33-43-35(25-12-5-3-6-13-25)36(52-33)26-14-7-4-8-15-26)40-22-9-1-2-10-23-41-32(47)24-51-29-17-11-16-27-34(29)39(50)44(38(27)49)28-18-19-31(46)42-37(28)48/h3-8,11-17,20-21,28H,1-2,9-10,18-19,22-24H2,(H,40,45)(H,41,47)(H,42,46,48). The molecule has 6 rings (SSSR count). The highest BCUT2D eigenvalue weighted by Gasteiger charge is 2.46. The van der Waals surface area contributed by atoms with Gasteiger partial charge in [0.05, 0.1) is 11.1 Å². The van der Waals surface area contributed by atoms with Crippen LogP contribution >= 0.6 is 0 Å². The first kappa shape index (κ1) is 35.5. The SMILES string of the molecule is O=C(C=Cc1nc(-c2ccccc2)c(-c2ccccc2)o1)NCCCCCCNC(=O)COc1cccc2c1C(=O)N(C1CCC(=O)NC1=O)C2=O. The molecule has 1 unspecified atom stereocenters. The van der Waals surface area contributed by atoms with Crippen LogP contribution in [0, 0.1) is 0 Å². The van der Waals surface area contributed by atoms with E-state index >= 15 is 0 Å². The number of carbonyl (C=O) groups excluding carboxylic acids is 6. The third-order valence-corrected chi connectivity index (χ3v) is 8.62. The lowest BCUT2D eigenvalue weighted by Crippen LogP contribution is -2.54. The van der Waals surface area contributed by atoms with E-state index in [4.69, 9.17) is 9.15 Å². The minimum absolute atomic E-state index is 0.0142. The number of imide groups is 2. The number of aromatic nitrogens is 1. The summed E-state index contributed by atoms with van der Waals surface area (Å²) in [6, 6.07) is 22.8. The van der Waals surface area contributed by atoms with Gasteiger partial charge in [0.15, 0.2) is 12.4 Å². The van der Waals surface area contributed by atoms with Crippen molar-refractivity contribution in [2.75, 3.05) is 19.7 Å². The van der Waals surface area contributed by atoms with Gasteiger partial charge in [-0.3, -0.25) is 39.0 Å². The predicted molar refractivity (Wildman–Crippen MR) is 190 cm³/mol. The molecule has 13 nitrogen and oxygen atoms in total. The summed E-state index contributed by atoms with van der Waals surface area (Å²) in [5.41, 5.74) is 2.56. The van der Waals surface area contributed by atoms with Crippen molar-refractivity contribution in [1.29, 1.82) is 0 Å². The summed E-state index contributed by atoms with van der Waals surface area (Å²) in [6.45, 7) is 0.532. The lowest BCUT2D eigenvalue weighted by atomic mass is 10.0. The Kier molecular flexibility index (Phi) is 11.3. The van der Waals surface area contributed by atoms with E-state index in [1.165, 1.54) is 24.3 Å². The Morgan fingerprint density at radius 1 is 0.846 bits per heavy atom. The van der Waals surface area contributed by atoms with E-state index in [1.807, 2.05) is 60.7 Å². The average Bonchev–Trinajstić information content (AvgIpc) is 3.70. The van der Waals surface area contributed by atoms with E-state index in [1.54, 1.807) is 6.08 Å². The summed E-state index contributed by atoms with van der Waals surface area (Å²) in [5.74, 6) is -2.15. The van der Waals surface area contributed by atoms with E-state index < -0.39 is 35.6 Å². The summed E-state index contributed by atoms with van der Waals surface area (Å²) < 4.78 is 11.6. The van der Waals surface area contributed by atoms with Crippen LogP contribution in [0.15, 0.2) is 89.4 Å². The summed E-state index contributed by atoms with van der Waals surface area (Å²) in [4.78, 5) is 80.4. The van der Waals surface area contributed by atoms with Crippen molar-refractivity contribution in [1.82, 2.24) is 25.8 Å². The van der Waals surface area contributed by atoms with Gasteiger partial charge in [-0.2, -0.15) is 0 Å². The monoisotopic (exact) mass is 703 g/mol. The van der Waals surface area contributed by atoms with Gasteiger partial charge in [0, 0.05) is 42.8 Å². The fourth-order valence-corrected chi connectivity index (χ4v) is 6.03. The Hall–Kier alpha value is -6.37. The summed E-state index contributed by atoms with van der Waals surface area (Å²) in [7, 11) is 0. The van der Waals surface area contributed by atoms with Gasteiger partial charge in [0.1, 0.15) is 17.5 Å². The number of nitrogens with zero attached hydrogens (tertiary/aromatic N) is 2. The third-order valence-electron chi connectivity index (χ3n) is 8.62. The predicted octanol–water partition coefficient (Wildman–Crippen LogP) is 4.29. The van der Waals surface area contributed by atoms with E-state index in [9.17, 15) is 28.8 Å². The van der Waals surface area contributed by atoms with Crippen LogP contribution in [0.2, 0.25) is 0 Å². The number of benzene rings is 3. The van der Waals surface area contributed by atoms with Gasteiger partial charge in [0.2, 0.25) is 23.6 Å². The Balaban J connectivity index is 0.884. The highest BCUT2D eigenvalue weighted by atomic mass is 16.5. The molecule has 1 fully saturated rings. The van der Waals surface area contributed by atoms with Crippen LogP contribution in [0.1, 0.15) is 65.1 Å². The Labute approximate surface area is 299 Å². The maximum atomic E-state index is 13.2. The lowest BCUT2D eigenvalue weighted by Gasteiger charge is -2.27. The smallest absolute Gasteiger partial charge is 0.266 e. The molecule has 0 radical (unpaired) electrons. The quantitative estimate of drug-likeness (QED) is 0.0926. The Bertz CT molecular complexity index is 1950. The van der Waals surface area contributed by atoms with Gasteiger partial charge in [-0.15, -0.1) is 0 Å². The van der Waals surface area contributed by atoms with Crippen LogP contribution in [0.25, 0.3) is 28.7 Å². The van der Waals surface area contributed by atoms with Crippen molar-refractivity contribution < 1.29 is 37.9 Å². The van der Waals surface area contributed by atoms with Gasteiger partial charge < -0.3 is 19.8 Å². The number of hydrogen-bond donors (Lipinski definition) is 3. The molecule has 3 heterocycles. The first-order valence-corrected chi connectivity index (χ1v) is 17.1. The number of unbranched alkanes of at least 4 members (excludes halogenated alkanes) is 3.